The second-order valence-corrected chi connectivity index (χ2v) is 5.90. The van der Waals surface area contributed by atoms with Gasteiger partial charge in [-0.15, -0.1) is 0 Å². The third-order valence-corrected chi connectivity index (χ3v) is 3.89. The van der Waals surface area contributed by atoms with Crippen LogP contribution in [0.25, 0.3) is 0 Å². The molecule has 1 amide bonds. The summed E-state index contributed by atoms with van der Waals surface area (Å²) in [4.78, 5) is 12.0. The van der Waals surface area contributed by atoms with Crippen LogP contribution in [0.5, 0.6) is 0 Å². The first-order chi connectivity index (χ1) is 8.65. The minimum absolute atomic E-state index is 0.0239. The van der Waals surface area contributed by atoms with Gasteiger partial charge in [-0.1, -0.05) is 35.0 Å². The summed E-state index contributed by atoms with van der Waals surface area (Å²) in [6.07, 6.45) is 2.10. The number of amides is 1. The van der Waals surface area contributed by atoms with Crippen molar-refractivity contribution < 1.29 is 4.79 Å². The number of hydrogen-bond acceptors (Lipinski definition) is 2. The molecule has 0 spiro atoms. The molecule has 0 radical (unpaired) electrons. The van der Waals surface area contributed by atoms with Crippen LogP contribution in [0.15, 0.2) is 28.7 Å². The first-order valence-corrected chi connectivity index (χ1v) is 7.20. The highest BCUT2D eigenvalue weighted by Crippen LogP contribution is 2.15. The number of rotatable bonds is 3. The van der Waals surface area contributed by atoms with Gasteiger partial charge in [-0.3, -0.25) is 4.79 Å². The quantitative estimate of drug-likeness (QED) is 0.900. The molecule has 98 valence electrons. The minimum Gasteiger partial charge on any atom is -0.351 e. The van der Waals surface area contributed by atoms with E-state index in [9.17, 15) is 4.79 Å². The molecule has 0 aliphatic carbocycles. The summed E-state index contributed by atoms with van der Waals surface area (Å²) >= 11 is 3.40. The Labute approximate surface area is 116 Å². The molecule has 2 unspecified atom stereocenters. The van der Waals surface area contributed by atoms with E-state index in [-0.39, 0.29) is 11.9 Å². The highest BCUT2D eigenvalue weighted by molar-refractivity contribution is 9.10. The van der Waals surface area contributed by atoms with Gasteiger partial charge in [0.25, 0.3) is 0 Å². The van der Waals surface area contributed by atoms with E-state index in [0.717, 1.165) is 29.4 Å². The van der Waals surface area contributed by atoms with Crippen molar-refractivity contribution in [3.63, 3.8) is 0 Å². The van der Waals surface area contributed by atoms with Crippen LogP contribution >= 0.6 is 15.9 Å². The van der Waals surface area contributed by atoms with Gasteiger partial charge in [0.2, 0.25) is 5.91 Å². The molecule has 2 atom stereocenters. The zero-order valence-electron chi connectivity index (χ0n) is 10.6. The molecule has 4 heteroatoms. The third kappa shape index (κ3) is 3.82. The molecule has 1 aromatic carbocycles. The molecular weight excluding hydrogens is 292 g/mol. The standard InChI is InChI=1S/C14H19BrN2O/c1-10-6-7-16-13(8-10)14(18)17-9-11-2-4-12(15)5-3-11/h2-5,10,13,16H,6-9H2,1H3,(H,17,18). The lowest BCUT2D eigenvalue weighted by molar-refractivity contribution is -0.124. The van der Waals surface area contributed by atoms with E-state index in [1.165, 1.54) is 0 Å². The first kappa shape index (κ1) is 13.6. The van der Waals surface area contributed by atoms with E-state index >= 15 is 0 Å². The highest BCUT2D eigenvalue weighted by Gasteiger charge is 2.23. The molecule has 2 N–H and O–H groups in total. The van der Waals surface area contributed by atoms with Gasteiger partial charge in [0, 0.05) is 11.0 Å². The summed E-state index contributed by atoms with van der Waals surface area (Å²) in [5.74, 6) is 0.749. The Morgan fingerprint density at radius 3 is 2.83 bits per heavy atom. The lowest BCUT2D eigenvalue weighted by Crippen LogP contribution is -2.48. The number of carbonyl (C=O) groups excluding carboxylic acids is 1. The SMILES string of the molecule is CC1CCNC(C(=O)NCc2ccc(Br)cc2)C1. The largest absolute Gasteiger partial charge is 0.351 e. The van der Waals surface area contributed by atoms with Gasteiger partial charge in [0.1, 0.15) is 0 Å². The fourth-order valence-corrected chi connectivity index (χ4v) is 2.49. The van der Waals surface area contributed by atoms with E-state index < -0.39 is 0 Å². The van der Waals surface area contributed by atoms with E-state index in [1.54, 1.807) is 0 Å². The predicted molar refractivity (Wildman–Crippen MR) is 76.2 cm³/mol. The molecule has 0 aromatic heterocycles. The summed E-state index contributed by atoms with van der Waals surface area (Å²) in [5.41, 5.74) is 1.12. The number of hydrogen-bond donors (Lipinski definition) is 2. The van der Waals surface area contributed by atoms with Crippen LogP contribution in [0.3, 0.4) is 0 Å². The van der Waals surface area contributed by atoms with Gasteiger partial charge in [-0.05, 0) is 43.0 Å². The highest BCUT2D eigenvalue weighted by atomic mass is 79.9. The first-order valence-electron chi connectivity index (χ1n) is 6.40. The number of piperidine rings is 1. The topological polar surface area (TPSA) is 41.1 Å². The fourth-order valence-electron chi connectivity index (χ4n) is 2.22. The number of halogens is 1. The Morgan fingerprint density at radius 2 is 2.17 bits per heavy atom. The van der Waals surface area contributed by atoms with Gasteiger partial charge in [-0.2, -0.15) is 0 Å². The molecule has 1 aliphatic heterocycles. The molecule has 1 saturated heterocycles. The van der Waals surface area contributed by atoms with E-state index in [1.807, 2.05) is 24.3 Å². The lowest BCUT2D eigenvalue weighted by Gasteiger charge is -2.27. The molecular formula is C14H19BrN2O. The van der Waals surface area contributed by atoms with Crippen molar-refractivity contribution in [1.82, 2.24) is 10.6 Å². The molecule has 0 saturated carbocycles. The van der Waals surface area contributed by atoms with Crippen molar-refractivity contribution in [2.45, 2.75) is 32.4 Å². The van der Waals surface area contributed by atoms with Crippen molar-refractivity contribution in [3.05, 3.63) is 34.3 Å². The number of carbonyl (C=O) groups is 1. The molecule has 1 aliphatic rings. The van der Waals surface area contributed by atoms with Crippen LogP contribution in [-0.2, 0) is 11.3 Å². The molecule has 3 nitrogen and oxygen atoms in total. The Bertz CT molecular complexity index is 405. The average Bonchev–Trinajstić information content (AvgIpc) is 2.38. The summed E-state index contributed by atoms with van der Waals surface area (Å²) in [6, 6.07) is 7.98. The molecule has 2 rings (SSSR count). The number of nitrogens with one attached hydrogen (secondary N) is 2. The summed E-state index contributed by atoms with van der Waals surface area (Å²) in [6.45, 7) is 3.74. The summed E-state index contributed by atoms with van der Waals surface area (Å²) in [7, 11) is 0. The van der Waals surface area contributed by atoms with Gasteiger partial charge in [0.05, 0.1) is 6.04 Å². The van der Waals surface area contributed by atoms with Gasteiger partial charge in [-0.25, -0.2) is 0 Å². The van der Waals surface area contributed by atoms with Crippen LogP contribution in [0, 0.1) is 5.92 Å². The zero-order chi connectivity index (χ0) is 13.0. The smallest absolute Gasteiger partial charge is 0.237 e. The molecule has 1 aromatic rings. The van der Waals surface area contributed by atoms with Gasteiger partial charge >= 0.3 is 0 Å². The maximum absolute atomic E-state index is 12.0. The third-order valence-electron chi connectivity index (χ3n) is 3.36. The van der Waals surface area contributed by atoms with Crippen LogP contribution in [-0.4, -0.2) is 18.5 Å². The second kappa shape index (κ2) is 6.34. The summed E-state index contributed by atoms with van der Waals surface area (Å²) in [5, 5.41) is 6.27. The molecule has 18 heavy (non-hydrogen) atoms. The maximum Gasteiger partial charge on any atom is 0.237 e. The fraction of sp³-hybridized carbons (Fsp3) is 0.500. The van der Waals surface area contributed by atoms with Crippen molar-refractivity contribution >= 4 is 21.8 Å². The van der Waals surface area contributed by atoms with E-state index in [2.05, 4.69) is 33.5 Å². The lowest BCUT2D eigenvalue weighted by atomic mass is 9.94. The predicted octanol–water partition coefficient (Wildman–Crippen LogP) is 2.45. The van der Waals surface area contributed by atoms with Crippen molar-refractivity contribution in [2.75, 3.05) is 6.54 Å². The summed E-state index contributed by atoms with van der Waals surface area (Å²) < 4.78 is 1.06. The van der Waals surface area contributed by atoms with Crippen molar-refractivity contribution in [2.24, 2.45) is 5.92 Å². The molecule has 1 fully saturated rings. The Hall–Kier alpha value is -0.870. The Morgan fingerprint density at radius 1 is 1.44 bits per heavy atom. The normalized spacial score (nSPS) is 23.7. The molecule has 1 heterocycles. The van der Waals surface area contributed by atoms with Crippen molar-refractivity contribution in [1.29, 1.82) is 0 Å². The van der Waals surface area contributed by atoms with Gasteiger partial charge < -0.3 is 10.6 Å². The monoisotopic (exact) mass is 310 g/mol. The van der Waals surface area contributed by atoms with Crippen LogP contribution in [0.2, 0.25) is 0 Å². The maximum atomic E-state index is 12.0. The van der Waals surface area contributed by atoms with Crippen LogP contribution in [0.4, 0.5) is 0 Å². The van der Waals surface area contributed by atoms with Gasteiger partial charge in [0.15, 0.2) is 0 Å². The van der Waals surface area contributed by atoms with Crippen LogP contribution < -0.4 is 10.6 Å². The Kier molecular flexibility index (Phi) is 4.78. The Balaban J connectivity index is 1.82. The van der Waals surface area contributed by atoms with Crippen molar-refractivity contribution in [3.8, 4) is 0 Å². The second-order valence-electron chi connectivity index (χ2n) is 4.98. The molecule has 0 bridgehead atoms. The van der Waals surface area contributed by atoms with Crippen LogP contribution in [0.1, 0.15) is 25.3 Å². The minimum atomic E-state index is -0.0239. The zero-order valence-corrected chi connectivity index (χ0v) is 12.2. The van der Waals surface area contributed by atoms with E-state index in [0.29, 0.717) is 12.5 Å². The van der Waals surface area contributed by atoms with E-state index in [4.69, 9.17) is 0 Å². The number of benzene rings is 1. The average molecular weight is 311 g/mol.